The van der Waals surface area contributed by atoms with Crippen molar-refractivity contribution in [2.45, 2.75) is 26.2 Å². The Balaban J connectivity index is 1.51. The fraction of sp³-hybridized carbons (Fsp3) is 0.286. The van der Waals surface area contributed by atoms with Gasteiger partial charge >= 0.3 is 12.1 Å². The number of fused-ring (bicyclic) bond motifs is 2. The number of urea groups is 1. The molecule has 29 heavy (non-hydrogen) atoms. The van der Waals surface area contributed by atoms with Crippen LogP contribution >= 0.6 is 0 Å². The van der Waals surface area contributed by atoms with Crippen LogP contribution in [0.15, 0.2) is 42.6 Å². The lowest BCUT2D eigenvalue weighted by molar-refractivity contribution is 0.170. The molecule has 1 aromatic heterocycles. The Bertz CT molecular complexity index is 1090. The monoisotopic (exact) mass is 393 g/mol. The van der Waals surface area contributed by atoms with Crippen molar-refractivity contribution in [2.75, 3.05) is 24.0 Å². The molecule has 0 atom stereocenters. The molecular weight excluding hydrogens is 370 g/mol. The average molecular weight is 393 g/mol. The number of ether oxygens (including phenoxy) is 1. The third kappa shape index (κ3) is 3.49. The van der Waals surface area contributed by atoms with Gasteiger partial charge in [0.1, 0.15) is 0 Å². The first-order valence-corrected chi connectivity index (χ1v) is 9.51. The summed E-state index contributed by atoms with van der Waals surface area (Å²) in [5.41, 5.74) is 7.56. The van der Waals surface area contributed by atoms with E-state index in [1.807, 2.05) is 5.01 Å². The van der Waals surface area contributed by atoms with Crippen molar-refractivity contribution in [1.82, 2.24) is 15.2 Å². The van der Waals surface area contributed by atoms with E-state index >= 15 is 0 Å². The van der Waals surface area contributed by atoms with Crippen LogP contribution in [-0.2, 0) is 11.2 Å². The number of hydrogen-bond donors (Lipinski definition) is 2. The lowest BCUT2D eigenvalue weighted by atomic mass is 10.00. The molecule has 0 bridgehead atoms. The maximum absolute atomic E-state index is 12.6. The molecule has 0 aliphatic carbocycles. The standard InChI is InChI=1S/C21H23N5O3/c1-13(2)14-7-8-18-15(11-14)9-10-25(18)24-20(27)23-17-5-4-6-19-16(17)12-22-26(19)21(28)29-3/h4-8,11-13H,9-10H2,1-3H3,(H2,23,24,27). The van der Waals surface area contributed by atoms with Gasteiger partial charge in [-0.25, -0.2) is 15.0 Å². The number of nitrogens with zero attached hydrogens (tertiary/aromatic N) is 3. The Morgan fingerprint density at radius 1 is 1.21 bits per heavy atom. The third-order valence-electron chi connectivity index (χ3n) is 5.11. The molecule has 4 rings (SSSR count). The van der Waals surface area contributed by atoms with Gasteiger partial charge in [-0.1, -0.05) is 32.0 Å². The van der Waals surface area contributed by atoms with Crippen LogP contribution in [0, 0.1) is 0 Å². The molecule has 8 heteroatoms. The minimum Gasteiger partial charge on any atom is -0.451 e. The van der Waals surface area contributed by atoms with E-state index in [0.717, 1.165) is 23.3 Å². The van der Waals surface area contributed by atoms with E-state index in [9.17, 15) is 9.59 Å². The van der Waals surface area contributed by atoms with Gasteiger partial charge in [0.05, 0.1) is 30.2 Å². The normalized spacial score (nSPS) is 12.9. The topological polar surface area (TPSA) is 88.5 Å². The van der Waals surface area contributed by atoms with E-state index < -0.39 is 6.09 Å². The van der Waals surface area contributed by atoms with Gasteiger partial charge in [0, 0.05) is 11.9 Å². The van der Waals surface area contributed by atoms with Gasteiger partial charge in [-0.15, -0.1) is 0 Å². The highest BCUT2D eigenvalue weighted by atomic mass is 16.5. The molecule has 2 aromatic carbocycles. The Kier molecular flexibility index (Phi) is 4.84. The zero-order valence-electron chi connectivity index (χ0n) is 16.6. The zero-order valence-corrected chi connectivity index (χ0v) is 16.6. The predicted molar refractivity (Wildman–Crippen MR) is 111 cm³/mol. The number of hydrazine groups is 1. The van der Waals surface area contributed by atoms with E-state index in [2.05, 4.69) is 47.9 Å². The highest BCUT2D eigenvalue weighted by Crippen LogP contribution is 2.30. The highest BCUT2D eigenvalue weighted by molar-refractivity contribution is 6.02. The van der Waals surface area contributed by atoms with E-state index in [0.29, 0.717) is 22.5 Å². The molecule has 0 saturated heterocycles. The maximum atomic E-state index is 12.6. The lowest BCUT2D eigenvalue weighted by Crippen LogP contribution is -2.43. The van der Waals surface area contributed by atoms with E-state index in [1.165, 1.54) is 24.4 Å². The number of anilines is 2. The number of methoxy groups -OCH3 is 1. The number of aromatic nitrogens is 2. The summed E-state index contributed by atoms with van der Waals surface area (Å²) in [5, 5.41) is 9.40. The highest BCUT2D eigenvalue weighted by Gasteiger charge is 2.22. The minimum absolute atomic E-state index is 0.357. The Hall–Kier alpha value is -3.55. The van der Waals surface area contributed by atoms with Crippen molar-refractivity contribution in [2.24, 2.45) is 0 Å². The quantitative estimate of drug-likeness (QED) is 0.705. The molecule has 1 aliphatic rings. The van der Waals surface area contributed by atoms with E-state index in [4.69, 9.17) is 4.74 Å². The molecule has 150 valence electrons. The maximum Gasteiger partial charge on any atom is 0.434 e. The first-order valence-electron chi connectivity index (χ1n) is 9.51. The molecule has 8 nitrogen and oxygen atoms in total. The van der Waals surface area contributed by atoms with Crippen LogP contribution in [-0.4, -0.2) is 35.6 Å². The average Bonchev–Trinajstić information content (AvgIpc) is 3.32. The summed E-state index contributed by atoms with van der Waals surface area (Å²) in [6.45, 7) is 5.06. The van der Waals surface area contributed by atoms with Crippen molar-refractivity contribution >= 4 is 34.4 Å². The number of benzene rings is 2. The summed E-state index contributed by atoms with van der Waals surface area (Å²) in [4.78, 5) is 24.4. The molecule has 2 heterocycles. The Morgan fingerprint density at radius 3 is 2.79 bits per heavy atom. The van der Waals surface area contributed by atoms with E-state index in [1.54, 1.807) is 18.2 Å². The molecular formula is C21H23N5O3. The summed E-state index contributed by atoms with van der Waals surface area (Å²) in [5.74, 6) is 0.469. The summed E-state index contributed by atoms with van der Waals surface area (Å²) in [6, 6.07) is 11.3. The zero-order chi connectivity index (χ0) is 20.5. The van der Waals surface area contributed by atoms with Gasteiger partial charge in [-0.05, 0) is 41.7 Å². The van der Waals surface area contributed by atoms with E-state index in [-0.39, 0.29) is 6.03 Å². The molecule has 0 radical (unpaired) electrons. The second-order valence-electron chi connectivity index (χ2n) is 7.28. The molecule has 0 saturated carbocycles. The molecule has 1 aliphatic heterocycles. The summed E-state index contributed by atoms with van der Waals surface area (Å²) in [7, 11) is 1.30. The van der Waals surface area contributed by atoms with Crippen LogP contribution in [0.5, 0.6) is 0 Å². The van der Waals surface area contributed by atoms with Gasteiger partial charge in [0.25, 0.3) is 0 Å². The number of amides is 2. The molecule has 0 unspecified atom stereocenters. The van der Waals surface area contributed by atoms with Crippen molar-refractivity contribution in [3.63, 3.8) is 0 Å². The Morgan fingerprint density at radius 2 is 2.03 bits per heavy atom. The van der Waals surface area contributed by atoms with Crippen molar-refractivity contribution in [1.29, 1.82) is 0 Å². The first kappa shape index (κ1) is 18.8. The SMILES string of the molecule is COC(=O)n1ncc2c(NC(=O)NN3CCc4cc(C(C)C)ccc43)cccc21. The van der Waals surface area contributed by atoms with Gasteiger partial charge < -0.3 is 10.1 Å². The van der Waals surface area contributed by atoms with Gasteiger partial charge in [0.2, 0.25) is 0 Å². The lowest BCUT2D eigenvalue weighted by Gasteiger charge is -2.21. The van der Waals surface area contributed by atoms with Gasteiger partial charge in [-0.3, -0.25) is 5.01 Å². The van der Waals surface area contributed by atoms with Crippen LogP contribution in [0.2, 0.25) is 0 Å². The second kappa shape index (κ2) is 7.46. The van der Waals surface area contributed by atoms with Crippen LogP contribution in [0.1, 0.15) is 30.9 Å². The summed E-state index contributed by atoms with van der Waals surface area (Å²) in [6.07, 6.45) is 1.83. The van der Waals surface area contributed by atoms with Crippen LogP contribution in [0.4, 0.5) is 21.0 Å². The minimum atomic E-state index is -0.587. The predicted octanol–water partition coefficient (Wildman–Crippen LogP) is 3.87. The van der Waals surface area contributed by atoms with Crippen molar-refractivity contribution in [3.05, 3.63) is 53.7 Å². The molecule has 2 N–H and O–H groups in total. The number of carbonyl (C=O) groups is 2. The fourth-order valence-electron chi connectivity index (χ4n) is 3.56. The van der Waals surface area contributed by atoms with Crippen molar-refractivity contribution in [3.8, 4) is 0 Å². The molecule has 2 amide bonds. The molecule has 0 spiro atoms. The van der Waals surface area contributed by atoms with Crippen molar-refractivity contribution < 1.29 is 14.3 Å². The smallest absolute Gasteiger partial charge is 0.434 e. The van der Waals surface area contributed by atoms with Crippen LogP contribution in [0.3, 0.4) is 0 Å². The molecule has 3 aromatic rings. The summed E-state index contributed by atoms with van der Waals surface area (Å²) >= 11 is 0. The number of rotatable bonds is 3. The third-order valence-corrected chi connectivity index (χ3v) is 5.11. The number of carbonyl (C=O) groups excluding carboxylic acids is 2. The number of nitrogens with one attached hydrogen (secondary N) is 2. The molecule has 0 fully saturated rings. The fourth-order valence-corrected chi connectivity index (χ4v) is 3.56. The van der Waals surface area contributed by atoms with Gasteiger partial charge in [-0.2, -0.15) is 9.78 Å². The number of hydrogen-bond acceptors (Lipinski definition) is 5. The van der Waals surface area contributed by atoms with Crippen LogP contribution < -0.4 is 15.8 Å². The second-order valence-corrected chi connectivity index (χ2v) is 7.28. The largest absolute Gasteiger partial charge is 0.451 e. The van der Waals surface area contributed by atoms with Gasteiger partial charge in [0.15, 0.2) is 0 Å². The summed E-state index contributed by atoms with van der Waals surface area (Å²) < 4.78 is 5.88. The Labute approximate surface area is 168 Å². The van der Waals surface area contributed by atoms with Crippen LogP contribution in [0.25, 0.3) is 10.9 Å². The first-order chi connectivity index (χ1) is 14.0.